The van der Waals surface area contributed by atoms with Crippen molar-refractivity contribution in [2.75, 3.05) is 13.7 Å². The normalized spacial score (nSPS) is 37.9. The van der Waals surface area contributed by atoms with E-state index in [0.29, 0.717) is 0 Å². The number of methoxy groups -OCH3 is 1. The summed E-state index contributed by atoms with van der Waals surface area (Å²) in [6, 6.07) is 8.55. The van der Waals surface area contributed by atoms with Gasteiger partial charge in [0.15, 0.2) is 12.6 Å². The van der Waals surface area contributed by atoms with Gasteiger partial charge in [0.05, 0.1) is 12.7 Å². The lowest BCUT2D eigenvalue weighted by Crippen LogP contribution is -2.61. The first-order valence-electron chi connectivity index (χ1n) is 6.97. The molecule has 0 aromatic heterocycles. The lowest BCUT2D eigenvalue weighted by Gasteiger charge is -2.46. The summed E-state index contributed by atoms with van der Waals surface area (Å²) >= 11 is 0. The molecule has 1 N–H and O–H groups in total. The average molecular weight is 307 g/mol. The molecule has 1 aromatic rings. The predicted molar refractivity (Wildman–Crippen MR) is 74.6 cm³/mol. The van der Waals surface area contributed by atoms with Gasteiger partial charge in [0.1, 0.15) is 18.2 Å². The third-order valence-electron chi connectivity index (χ3n) is 3.82. The highest BCUT2D eigenvalue weighted by molar-refractivity contribution is 5.16. The molecule has 0 spiro atoms. The highest BCUT2D eigenvalue weighted by atomic mass is 16.7. The van der Waals surface area contributed by atoms with E-state index < -0.39 is 36.9 Å². The zero-order chi connectivity index (χ0) is 15.5. The van der Waals surface area contributed by atoms with Crippen LogP contribution in [0.15, 0.2) is 35.4 Å². The minimum Gasteiger partial charge on any atom is -0.390 e. The van der Waals surface area contributed by atoms with Gasteiger partial charge in [-0.25, -0.2) is 0 Å². The highest BCUT2D eigenvalue weighted by Gasteiger charge is 2.49. The molecule has 118 valence electrons. The van der Waals surface area contributed by atoms with E-state index in [2.05, 4.69) is 10.0 Å². The minimum absolute atomic E-state index is 0.254. The molecule has 0 radical (unpaired) electrons. The van der Waals surface area contributed by atoms with Crippen LogP contribution in [0.25, 0.3) is 10.4 Å². The summed E-state index contributed by atoms with van der Waals surface area (Å²) in [5.74, 6) is 0. The van der Waals surface area contributed by atoms with Gasteiger partial charge in [-0.2, -0.15) is 0 Å². The minimum atomic E-state index is -1.03. The Morgan fingerprint density at radius 1 is 1.32 bits per heavy atom. The van der Waals surface area contributed by atoms with Crippen molar-refractivity contribution in [3.63, 3.8) is 0 Å². The van der Waals surface area contributed by atoms with E-state index in [1.165, 1.54) is 7.11 Å². The van der Waals surface area contributed by atoms with Crippen molar-refractivity contribution in [3.05, 3.63) is 46.3 Å². The average Bonchev–Trinajstić information content (AvgIpc) is 2.58. The molecule has 1 unspecified atom stereocenters. The second kappa shape index (κ2) is 6.62. The fourth-order valence-corrected chi connectivity index (χ4v) is 2.73. The molecule has 1 aromatic carbocycles. The SMILES string of the molecule is COC1O[C@@H]2CO[C@@H](c3ccccc3)O[C@H]2[C@H](O)[C@H]1N=[N+]=[N-]. The van der Waals surface area contributed by atoms with Crippen LogP contribution in [0.1, 0.15) is 11.9 Å². The molecule has 0 saturated carbocycles. The summed E-state index contributed by atoms with van der Waals surface area (Å²) in [6.45, 7) is 0.254. The fourth-order valence-electron chi connectivity index (χ4n) is 2.73. The van der Waals surface area contributed by atoms with Gasteiger partial charge in [0.2, 0.25) is 0 Å². The molecule has 0 bridgehead atoms. The summed E-state index contributed by atoms with van der Waals surface area (Å²) in [7, 11) is 1.43. The van der Waals surface area contributed by atoms with Crippen LogP contribution in [-0.4, -0.2) is 49.5 Å². The Hall–Kier alpha value is -1.67. The van der Waals surface area contributed by atoms with Crippen molar-refractivity contribution in [3.8, 4) is 0 Å². The number of fused-ring (bicyclic) bond motifs is 1. The lowest BCUT2D eigenvalue weighted by atomic mass is 9.96. The Morgan fingerprint density at radius 3 is 2.77 bits per heavy atom. The van der Waals surface area contributed by atoms with Crippen LogP contribution in [0.4, 0.5) is 0 Å². The summed E-state index contributed by atoms with van der Waals surface area (Å²) in [5, 5.41) is 14.0. The maximum Gasteiger partial charge on any atom is 0.184 e. The Labute approximate surface area is 127 Å². The monoisotopic (exact) mass is 307 g/mol. The van der Waals surface area contributed by atoms with Crippen molar-refractivity contribution in [2.24, 2.45) is 5.11 Å². The van der Waals surface area contributed by atoms with E-state index in [-0.39, 0.29) is 6.61 Å². The third kappa shape index (κ3) is 2.80. The second-order valence-corrected chi connectivity index (χ2v) is 5.14. The first-order chi connectivity index (χ1) is 10.7. The van der Waals surface area contributed by atoms with E-state index in [4.69, 9.17) is 24.5 Å². The maximum absolute atomic E-state index is 10.5. The zero-order valence-corrected chi connectivity index (χ0v) is 12.0. The van der Waals surface area contributed by atoms with Crippen LogP contribution in [0.5, 0.6) is 0 Å². The molecular weight excluding hydrogens is 290 g/mol. The van der Waals surface area contributed by atoms with Crippen LogP contribution in [0, 0.1) is 0 Å². The van der Waals surface area contributed by atoms with Crippen molar-refractivity contribution < 1.29 is 24.1 Å². The number of ether oxygens (including phenoxy) is 4. The van der Waals surface area contributed by atoms with Crippen LogP contribution < -0.4 is 0 Å². The molecule has 2 fully saturated rings. The number of hydrogen-bond acceptors (Lipinski definition) is 6. The van der Waals surface area contributed by atoms with Crippen molar-refractivity contribution in [1.29, 1.82) is 0 Å². The number of benzene rings is 1. The van der Waals surface area contributed by atoms with E-state index in [0.717, 1.165) is 5.56 Å². The Balaban J connectivity index is 1.79. The summed E-state index contributed by atoms with van der Waals surface area (Å²) in [5.41, 5.74) is 9.50. The molecule has 0 aliphatic carbocycles. The van der Waals surface area contributed by atoms with Crippen LogP contribution in [0.3, 0.4) is 0 Å². The van der Waals surface area contributed by atoms with Gasteiger partial charge in [-0.15, -0.1) is 0 Å². The molecule has 2 aliphatic heterocycles. The van der Waals surface area contributed by atoms with Crippen LogP contribution >= 0.6 is 0 Å². The number of nitrogens with zero attached hydrogens (tertiary/aromatic N) is 3. The Bertz CT molecular complexity index is 551. The van der Waals surface area contributed by atoms with E-state index in [1.807, 2.05) is 30.3 Å². The van der Waals surface area contributed by atoms with E-state index >= 15 is 0 Å². The Kier molecular flexibility index (Phi) is 4.58. The molecule has 2 aliphatic rings. The van der Waals surface area contributed by atoms with Crippen LogP contribution in [-0.2, 0) is 18.9 Å². The highest BCUT2D eigenvalue weighted by Crippen LogP contribution is 2.35. The first kappa shape index (κ1) is 15.2. The first-order valence-corrected chi connectivity index (χ1v) is 6.97. The van der Waals surface area contributed by atoms with Crippen molar-refractivity contribution in [2.45, 2.75) is 36.9 Å². The number of rotatable bonds is 3. The lowest BCUT2D eigenvalue weighted by molar-refractivity contribution is -0.338. The van der Waals surface area contributed by atoms with Gasteiger partial charge in [-0.05, 0) is 5.53 Å². The van der Waals surface area contributed by atoms with Crippen molar-refractivity contribution >= 4 is 0 Å². The standard InChI is InChI=1S/C14H17N3O5/c1-19-14-10(16-17-15)11(18)12-9(21-14)7-20-13(22-12)8-5-3-2-4-6-8/h2-6,9-14,18H,7H2,1H3/t9-,10-,11-,12-,13-,14?/m1/s1. The molecule has 8 nitrogen and oxygen atoms in total. The summed E-state index contributed by atoms with van der Waals surface area (Å²) in [4.78, 5) is 2.74. The van der Waals surface area contributed by atoms with Gasteiger partial charge in [0, 0.05) is 17.6 Å². The molecule has 0 amide bonds. The largest absolute Gasteiger partial charge is 0.390 e. The van der Waals surface area contributed by atoms with Gasteiger partial charge in [0.25, 0.3) is 0 Å². The molecule has 2 heterocycles. The molecule has 3 rings (SSSR count). The Morgan fingerprint density at radius 2 is 2.09 bits per heavy atom. The predicted octanol–water partition coefficient (Wildman–Crippen LogP) is 1.51. The number of aliphatic hydroxyl groups is 1. The fraction of sp³-hybridized carbons (Fsp3) is 0.571. The number of hydrogen-bond donors (Lipinski definition) is 1. The molecule has 22 heavy (non-hydrogen) atoms. The second-order valence-electron chi connectivity index (χ2n) is 5.14. The van der Waals surface area contributed by atoms with Crippen molar-refractivity contribution in [1.82, 2.24) is 0 Å². The van der Waals surface area contributed by atoms with E-state index in [9.17, 15) is 5.11 Å². The number of azide groups is 1. The maximum atomic E-state index is 10.5. The summed E-state index contributed by atoms with van der Waals surface area (Å²) in [6.07, 6.45) is -3.58. The third-order valence-corrected chi connectivity index (χ3v) is 3.82. The van der Waals surface area contributed by atoms with Gasteiger partial charge in [-0.1, -0.05) is 35.4 Å². The van der Waals surface area contributed by atoms with Gasteiger partial charge < -0.3 is 24.1 Å². The number of aliphatic hydroxyl groups excluding tert-OH is 1. The quantitative estimate of drug-likeness (QED) is 0.517. The smallest absolute Gasteiger partial charge is 0.184 e. The molecule has 6 atom stereocenters. The topological polar surface area (TPSA) is 106 Å². The zero-order valence-electron chi connectivity index (χ0n) is 12.0. The molecule has 2 saturated heterocycles. The van der Waals surface area contributed by atoms with Gasteiger partial charge in [-0.3, -0.25) is 0 Å². The van der Waals surface area contributed by atoms with E-state index in [1.54, 1.807) is 0 Å². The molecular formula is C14H17N3O5. The summed E-state index contributed by atoms with van der Waals surface area (Å²) < 4.78 is 22.3. The molecule has 8 heteroatoms. The van der Waals surface area contributed by atoms with Crippen LogP contribution in [0.2, 0.25) is 0 Å². The van der Waals surface area contributed by atoms with Gasteiger partial charge >= 0.3 is 0 Å².